The smallest absolute Gasteiger partial charge is 0.225 e. The summed E-state index contributed by atoms with van der Waals surface area (Å²) in [5.74, 6) is 0.657. The third-order valence-electron chi connectivity index (χ3n) is 2.23. The van der Waals surface area contributed by atoms with Crippen molar-refractivity contribution in [3.05, 3.63) is 16.0 Å². The Morgan fingerprint density at radius 1 is 1.33 bits per heavy atom. The molecular formula is C11H16N4OS2. The van der Waals surface area contributed by atoms with Crippen LogP contribution < -0.4 is 10.1 Å². The summed E-state index contributed by atoms with van der Waals surface area (Å²) in [6.07, 6.45) is 0. The second-order valence-corrected chi connectivity index (χ2v) is 6.72. The molecule has 2 aromatic heterocycles. The highest BCUT2D eigenvalue weighted by Gasteiger charge is 2.19. The second kappa shape index (κ2) is 5.19. The van der Waals surface area contributed by atoms with Crippen molar-refractivity contribution in [2.75, 3.05) is 12.4 Å². The predicted molar refractivity (Wildman–Crippen MR) is 74.6 cm³/mol. The zero-order valence-electron chi connectivity index (χ0n) is 10.9. The van der Waals surface area contributed by atoms with Crippen LogP contribution in [0, 0.1) is 0 Å². The van der Waals surface area contributed by atoms with Crippen molar-refractivity contribution in [2.24, 2.45) is 0 Å². The van der Waals surface area contributed by atoms with Crippen molar-refractivity contribution >= 4 is 28.0 Å². The molecule has 0 aliphatic carbocycles. The highest BCUT2D eigenvalue weighted by Crippen LogP contribution is 2.28. The molecule has 0 amide bonds. The molecule has 18 heavy (non-hydrogen) atoms. The fourth-order valence-corrected chi connectivity index (χ4v) is 2.66. The summed E-state index contributed by atoms with van der Waals surface area (Å²) < 4.78 is 9.18. The van der Waals surface area contributed by atoms with Crippen LogP contribution in [0.1, 0.15) is 30.7 Å². The molecule has 2 heterocycles. The quantitative estimate of drug-likeness (QED) is 0.935. The summed E-state index contributed by atoms with van der Waals surface area (Å²) in [6, 6.07) is 1.92. The van der Waals surface area contributed by atoms with Crippen LogP contribution in [0.5, 0.6) is 5.88 Å². The first-order chi connectivity index (χ1) is 8.49. The zero-order valence-corrected chi connectivity index (χ0v) is 12.5. The largest absolute Gasteiger partial charge is 0.480 e. The fraction of sp³-hybridized carbons (Fsp3) is 0.545. The first-order valence-corrected chi connectivity index (χ1v) is 7.15. The molecule has 0 radical (unpaired) electrons. The van der Waals surface area contributed by atoms with Gasteiger partial charge in [0.25, 0.3) is 0 Å². The van der Waals surface area contributed by atoms with Gasteiger partial charge in [0.05, 0.1) is 13.7 Å². The molecule has 0 aliphatic heterocycles. The molecule has 2 aromatic rings. The third-order valence-corrected chi connectivity index (χ3v) is 4.30. The first-order valence-electron chi connectivity index (χ1n) is 5.56. The van der Waals surface area contributed by atoms with E-state index in [9.17, 15) is 0 Å². The number of ether oxygens (including phenoxy) is 1. The number of hydrogen-bond acceptors (Lipinski definition) is 7. The average Bonchev–Trinajstić information content (AvgIpc) is 2.94. The van der Waals surface area contributed by atoms with E-state index in [1.54, 1.807) is 18.4 Å². The molecule has 0 aromatic carbocycles. The number of nitrogens with zero attached hydrogens (tertiary/aromatic N) is 3. The van der Waals surface area contributed by atoms with Crippen LogP contribution in [-0.4, -0.2) is 21.7 Å². The van der Waals surface area contributed by atoms with E-state index in [-0.39, 0.29) is 5.41 Å². The van der Waals surface area contributed by atoms with E-state index in [4.69, 9.17) is 4.74 Å². The third kappa shape index (κ3) is 3.17. The van der Waals surface area contributed by atoms with Crippen LogP contribution in [0.15, 0.2) is 6.07 Å². The summed E-state index contributed by atoms with van der Waals surface area (Å²) in [6.45, 7) is 7.09. The van der Waals surface area contributed by atoms with Crippen LogP contribution in [0.25, 0.3) is 0 Å². The minimum atomic E-state index is 0.0469. The van der Waals surface area contributed by atoms with Crippen LogP contribution >= 0.6 is 22.9 Å². The van der Waals surface area contributed by atoms with Gasteiger partial charge in [-0.15, -0.1) is 10.2 Å². The van der Waals surface area contributed by atoms with E-state index in [1.165, 1.54) is 11.5 Å². The summed E-state index contributed by atoms with van der Waals surface area (Å²) in [5, 5.41) is 13.5. The molecule has 2 rings (SSSR count). The molecule has 0 bridgehead atoms. The van der Waals surface area contributed by atoms with Gasteiger partial charge in [-0.05, 0) is 11.5 Å². The van der Waals surface area contributed by atoms with Crippen molar-refractivity contribution in [3.8, 4) is 5.88 Å². The van der Waals surface area contributed by atoms with Gasteiger partial charge in [0.2, 0.25) is 11.0 Å². The molecule has 0 saturated carbocycles. The predicted octanol–water partition coefficient (Wildman–Crippen LogP) is 2.91. The highest BCUT2D eigenvalue weighted by atomic mass is 32.1. The number of hydrogen-bond donors (Lipinski definition) is 1. The molecule has 0 atom stereocenters. The second-order valence-electron chi connectivity index (χ2n) is 4.85. The van der Waals surface area contributed by atoms with Crippen LogP contribution in [-0.2, 0) is 12.0 Å². The van der Waals surface area contributed by atoms with Gasteiger partial charge in [0, 0.05) is 16.4 Å². The lowest BCUT2D eigenvalue weighted by Gasteiger charge is -2.12. The number of anilines is 1. The van der Waals surface area contributed by atoms with Crippen molar-refractivity contribution in [3.63, 3.8) is 0 Å². The molecule has 0 aliphatic rings. The Morgan fingerprint density at radius 2 is 2.11 bits per heavy atom. The Labute approximate surface area is 114 Å². The van der Waals surface area contributed by atoms with Crippen molar-refractivity contribution < 1.29 is 4.74 Å². The monoisotopic (exact) mass is 284 g/mol. The van der Waals surface area contributed by atoms with Gasteiger partial charge in [-0.1, -0.05) is 32.1 Å². The Balaban J connectivity index is 1.96. The minimum Gasteiger partial charge on any atom is -0.480 e. The summed E-state index contributed by atoms with van der Waals surface area (Å²) >= 11 is 3.02. The van der Waals surface area contributed by atoms with Gasteiger partial charge >= 0.3 is 0 Å². The van der Waals surface area contributed by atoms with Gasteiger partial charge in [-0.3, -0.25) is 0 Å². The van der Waals surface area contributed by atoms with Crippen molar-refractivity contribution in [1.82, 2.24) is 14.6 Å². The number of aromatic nitrogens is 3. The Bertz CT molecular complexity index is 515. The normalized spacial score (nSPS) is 11.6. The molecule has 5 nitrogen and oxygen atoms in total. The standard InChI is InChI=1S/C11H16N4OS2/c1-11(2,3)9-13-14-10(17-9)12-6-7-5-8(16-4)15-18-7/h5H,6H2,1-4H3,(H,12,14). The molecule has 0 saturated heterocycles. The number of methoxy groups -OCH3 is 1. The maximum atomic E-state index is 5.04. The Morgan fingerprint density at radius 3 is 2.67 bits per heavy atom. The van der Waals surface area contributed by atoms with E-state index >= 15 is 0 Å². The van der Waals surface area contributed by atoms with Crippen LogP contribution in [0.2, 0.25) is 0 Å². The number of nitrogens with one attached hydrogen (secondary N) is 1. The topological polar surface area (TPSA) is 59.9 Å². The van der Waals surface area contributed by atoms with Crippen LogP contribution in [0.4, 0.5) is 5.13 Å². The molecule has 7 heteroatoms. The lowest BCUT2D eigenvalue weighted by Crippen LogP contribution is -2.10. The van der Waals surface area contributed by atoms with Gasteiger partial charge < -0.3 is 10.1 Å². The summed E-state index contributed by atoms with van der Waals surface area (Å²) in [4.78, 5) is 1.11. The maximum absolute atomic E-state index is 5.04. The van der Waals surface area contributed by atoms with E-state index in [0.29, 0.717) is 12.4 Å². The molecule has 0 unspecified atom stereocenters. The zero-order chi connectivity index (χ0) is 13.2. The van der Waals surface area contributed by atoms with Gasteiger partial charge in [-0.25, -0.2) is 0 Å². The van der Waals surface area contributed by atoms with Gasteiger partial charge in [0.15, 0.2) is 0 Å². The van der Waals surface area contributed by atoms with Gasteiger partial charge in [0.1, 0.15) is 5.01 Å². The summed E-state index contributed by atoms with van der Waals surface area (Å²) in [7, 11) is 1.62. The SMILES string of the molecule is COc1cc(CNc2nnc(C(C)(C)C)s2)sn1. The maximum Gasteiger partial charge on any atom is 0.225 e. The van der Waals surface area contributed by atoms with Gasteiger partial charge in [-0.2, -0.15) is 4.37 Å². The number of rotatable bonds is 4. The molecule has 0 fully saturated rings. The summed E-state index contributed by atoms with van der Waals surface area (Å²) in [5.41, 5.74) is 0.0469. The van der Waals surface area contributed by atoms with E-state index < -0.39 is 0 Å². The molecule has 0 spiro atoms. The highest BCUT2D eigenvalue weighted by molar-refractivity contribution is 7.15. The van der Waals surface area contributed by atoms with Crippen molar-refractivity contribution in [1.29, 1.82) is 0 Å². The average molecular weight is 284 g/mol. The Hall–Kier alpha value is -1.21. The molecule has 98 valence electrons. The minimum absolute atomic E-state index is 0.0469. The Kier molecular flexibility index (Phi) is 3.82. The van der Waals surface area contributed by atoms with Crippen LogP contribution in [0.3, 0.4) is 0 Å². The lowest BCUT2D eigenvalue weighted by molar-refractivity contribution is 0.402. The van der Waals surface area contributed by atoms with E-state index in [0.717, 1.165) is 15.0 Å². The molecule has 1 N–H and O–H groups in total. The lowest BCUT2D eigenvalue weighted by atomic mass is 9.98. The van der Waals surface area contributed by atoms with Crippen molar-refractivity contribution in [2.45, 2.75) is 32.7 Å². The fourth-order valence-electron chi connectivity index (χ4n) is 1.23. The van der Waals surface area contributed by atoms with E-state index in [1.807, 2.05) is 6.07 Å². The molecular weight excluding hydrogens is 268 g/mol. The first kappa shape index (κ1) is 13.2. The van der Waals surface area contributed by atoms with E-state index in [2.05, 4.69) is 40.7 Å².